The van der Waals surface area contributed by atoms with Gasteiger partial charge in [0.25, 0.3) is 0 Å². The van der Waals surface area contributed by atoms with Crippen molar-refractivity contribution in [3.8, 4) is 11.5 Å². The molecule has 1 aliphatic heterocycles. The maximum absolute atomic E-state index is 12.1. The van der Waals surface area contributed by atoms with Crippen LogP contribution in [0.2, 0.25) is 0 Å². The lowest BCUT2D eigenvalue weighted by Crippen LogP contribution is -2.41. The van der Waals surface area contributed by atoms with Crippen molar-refractivity contribution in [1.29, 1.82) is 0 Å². The average Bonchev–Trinajstić information content (AvgIpc) is 2.60. The predicted octanol–water partition coefficient (Wildman–Crippen LogP) is 1.41. The Bertz CT molecular complexity index is 540. The molecule has 0 saturated carbocycles. The average molecular weight is 336 g/mol. The number of ether oxygens (including phenoxy) is 2. The van der Waals surface area contributed by atoms with Crippen LogP contribution in [0.25, 0.3) is 0 Å². The Kier molecular flexibility index (Phi) is 6.87. The summed E-state index contributed by atoms with van der Waals surface area (Å²) >= 11 is 0. The molecule has 1 amide bonds. The molecule has 1 aliphatic rings. The van der Waals surface area contributed by atoms with E-state index in [1.165, 1.54) is 0 Å². The second-order valence-corrected chi connectivity index (χ2v) is 6.32. The third-order valence-electron chi connectivity index (χ3n) is 4.41. The molecular weight excluding hydrogens is 308 g/mol. The maximum Gasteiger partial charge on any atom is 0.223 e. The lowest BCUT2D eigenvalue weighted by atomic mass is 9.95. The molecule has 134 valence electrons. The van der Waals surface area contributed by atoms with Gasteiger partial charge in [-0.1, -0.05) is 0 Å². The van der Waals surface area contributed by atoms with E-state index >= 15 is 0 Å². The Morgan fingerprint density at radius 1 is 1.33 bits per heavy atom. The summed E-state index contributed by atoms with van der Waals surface area (Å²) in [4.78, 5) is 14.4. The van der Waals surface area contributed by atoms with E-state index in [4.69, 9.17) is 9.47 Å². The second-order valence-electron chi connectivity index (χ2n) is 6.32. The van der Waals surface area contributed by atoms with Crippen molar-refractivity contribution in [1.82, 2.24) is 10.2 Å². The molecular formula is C18H28N2O4. The lowest BCUT2D eigenvalue weighted by Gasteiger charge is -2.31. The number of piperidine rings is 1. The summed E-state index contributed by atoms with van der Waals surface area (Å²) in [6.07, 6.45) is 1.16. The summed E-state index contributed by atoms with van der Waals surface area (Å²) in [5, 5.41) is 12.1. The second kappa shape index (κ2) is 8.89. The summed E-state index contributed by atoms with van der Waals surface area (Å²) in [6.45, 7) is 4.51. The molecule has 6 nitrogen and oxygen atoms in total. The maximum atomic E-state index is 12.1. The van der Waals surface area contributed by atoms with Gasteiger partial charge in [0.2, 0.25) is 5.91 Å². The Morgan fingerprint density at radius 3 is 2.62 bits per heavy atom. The van der Waals surface area contributed by atoms with E-state index in [1.807, 2.05) is 18.2 Å². The van der Waals surface area contributed by atoms with E-state index in [2.05, 4.69) is 10.2 Å². The van der Waals surface area contributed by atoms with Crippen LogP contribution in [0.4, 0.5) is 0 Å². The van der Waals surface area contributed by atoms with Gasteiger partial charge in [0.1, 0.15) is 11.5 Å². The number of hydrogen-bond acceptors (Lipinski definition) is 5. The van der Waals surface area contributed by atoms with E-state index in [9.17, 15) is 9.90 Å². The molecule has 0 aliphatic carbocycles. The number of aliphatic hydroxyl groups excluding tert-OH is 1. The van der Waals surface area contributed by atoms with Gasteiger partial charge in [0.15, 0.2) is 0 Å². The van der Waals surface area contributed by atoms with Gasteiger partial charge in [0.05, 0.1) is 20.3 Å². The van der Waals surface area contributed by atoms with Gasteiger partial charge in [0, 0.05) is 24.6 Å². The summed E-state index contributed by atoms with van der Waals surface area (Å²) in [5.74, 6) is 1.76. The lowest BCUT2D eigenvalue weighted by molar-refractivity contribution is -0.126. The van der Waals surface area contributed by atoms with Gasteiger partial charge in [-0.15, -0.1) is 0 Å². The van der Waals surface area contributed by atoms with Crippen LogP contribution in [0.3, 0.4) is 0 Å². The van der Waals surface area contributed by atoms with Crippen molar-refractivity contribution in [3.63, 3.8) is 0 Å². The number of likely N-dealkylation sites (tertiary alicyclic amines) is 1. The van der Waals surface area contributed by atoms with Crippen LogP contribution in [0.1, 0.15) is 25.3 Å². The van der Waals surface area contributed by atoms with Gasteiger partial charge in [-0.05, 0) is 51.1 Å². The molecule has 1 atom stereocenters. The van der Waals surface area contributed by atoms with Crippen molar-refractivity contribution in [3.05, 3.63) is 23.8 Å². The molecule has 0 bridgehead atoms. The number of nitrogens with zero attached hydrogens (tertiary/aromatic N) is 1. The quantitative estimate of drug-likeness (QED) is 0.788. The molecule has 2 rings (SSSR count). The zero-order valence-electron chi connectivity index (χ0n) is 14.7. The molecule has 0 radical (unpaired) electrons. The minimum atomic E-state index is -0.505. The monoisotopic (exact) mass is 336 g/mol. The Balaban J connectivity index is 1.88. The van der Waals surface area contributed by atoms with E-state index in [1.54, 1.807) is 21.1 Å². The first kappa shape index (κ1) is 18.5. The summed E-state index contributed by atoms with van der Waals surface area (Å²) in [7, 11) is 3.33. The number of aliphatic hydroxyl groups is 1. The summed E-state index contributed by atoms with van der Waals surface area (Å²) in [6, 6.07) is 5.81. The minimum absolute atomic E-state index is 0.0344. The van der Waals surface area contributed by atoms with Gasteiger partial charge in [-0.3, -0.25) is 9.69 Å². The Labute approximate surface area is 143 Å². The number of carbonyl (C=O) groups excluding carboxylic acids is 1. The van der Waals surface area contributed by atoms with Crippen LogP contribution in [0, 0.1) is 5.92 Å². The molecule has 1 fully saturated rings. The van der Waals surface area contributed by atoms with Crippen LogP contribution in [0.15, 0.2) is 18.2 Å². The molecule has 1 aromatic rings. The minimum Gasteiger partial charge on any atom is -0.497 e. The third kappa shape index (κ3) is 5.11. The topological polar surface area (TPSA) is 71.0 Å². The van der Waals surface area contributed by atoms with Gasteiger partial charge in [-0.25, -0.2) is 0 Å². The van der Waals surface area contributed by atoms with Crippen LogP contribution >= 0.6 is 0 Å². The molecule has 1 aromatic carbocycles. The molecule has 0 spiro atoms. The smallest absolute Gasteiger partial charge is 0.223 e. The van der Waals surface area contributed by atoms with Crippen molar-refractivity contribution in [2.75, 3.05) is 33.9 Å². The number of benzene rings is 1. The highest BCUT2D eigenvalue weighted by atomic mass is 16.5. The first-order chi connectivity index (χ1) is 11.5. The van der Waals surface area contributed by atoms with Crippen molar-refractivity contribution >= 4 is 5.91 Å². The molecule has 1 heterocycles. The highest BCUT2D eigenvalue weighted by Gasteiger charge is 2.25. The highest BCUT2D eigenvalue weighted by molar-refractivity contribution is 5.78. The fourth-order valence-corrected chi connectivity index (χ4v) is 2.99. The summed E-state index contributed by atoms with van der Waals surface area (Å²) in [5.41, 5.74) is 1.09. The fraction of sp³-hybridized carbons (Fsp3) is 0.611. The zero-order chi connectivity index (χ0) is 17.5. The highest BCUT2D eigenvalue weighted by Crippen LogP contribution is 2.27. The van der Waals surface area contributed by atoms with E-state index in [-0.39, 0.29) is 11.8 Å². The van der Waals surface area contributed by atoms with Crippen molar-refractivity contribution in [2.45, 2.75) is 32.4 Å². The van der Waals surface area contributed by atoms with Gasteiger partial charge in [-0.2, -0.15) is 0 Å². The third-order valence-corrected chi connectivity index (χ3v) is 4.41. The standard InChI is InChI=1S/C18H28N2O4/c1-13(21)11-19-18(22)14-6-8-20(9-7-14)12-15-10-16(23-2)4-5-17(15)24-3/h4-5,10,13-14,21H,6-9,11-12H2,1-3H3,(H,19,22). The molecule has 0 aromatic heterocycles. The van der Waals surface area contributed by atoms with Crippen molar-refractivity contribution in [2.24, 2.45) is 5.92 Å². The van der Waals surface area contributed by atoms with Crippen LogP contribution in [-0.2, 0) is 11.3 Å². The largest absolute Gasteiger partial charge is 0.497 e. The Hall–Kier alpha value is -1.79. The molecule has 6 heteroatoms. The summed E-state index contributed by atoms with van der Waals surface area (Å²) < 4.78 is 10.7. The normalized spacial score (nSPS) is 17.3. The number of amides is 1. The van der Waals surface area contributed by atoms with Crippen molar-refractivity contribution < 1.29 is 19.4 Å². The molecule has 1 unspecified atom stereocenters. The first-order valence-corrected chi connectivity index (χ1v) is 8.42. The van der Waals surface area contributed by atoms with Crippen LogP contribution in [-0.4, -0.2) is 55.9 Å². The fourth-order valence-electron chi connectivity index (χ4n) is 2.99. The number of rotatable bonds is 7. The van der Waals surface area contributed by atoms with E-state index in [0.717, 1.165) is 49.5 Å². The number of hydrogen-bond donors (Lipinski definition) is 2. The number of carbonyl (C=O) groups is 1. The van der Waals surface area contributed by atoms with Crippen LogP contribution < -0.4 is 14.8 Å². The number of nitrogens with one attached hydrogen (secondary N) is 1. The molecule has 2 N–H and O–H groups in total. The van der Waals surface area contributed by atoms with Crippen LogP contribution in [0.5, 0.6) is 11.5 Å². The SMILES string of the molecule is COc1ccc(OC)c(CN2CCC(C(=O)NCC(C)O)CC2)c1. The zero-order valence-corrected chi connectivity index (χ0v) is 14.7. The predicted molar refractivity (Wildman–Crippen MR) is 92.2 cm³/mol. The van der Waals surface area contributed by atoms with E-state index < -0.39 is 6.10 Å². The molecule has 24 heavy (non-hydrogen) atoms. The number of methoxy groups -OCH3 is 2. The first-order valence-electron chi connectivity index (χ1n) is 8.42. The Morgan fingerprint density at radius 2 is 2.04 bits per heavy atom. The molecule has 1 saturated heterocycles. The van der Waals surface area contributed by atoms with Gasteiger partial charge < -0.3 is 19.9 Å². The van der Waals surface area contributed by atoms with E-state index in [0.29, 0.717) is 6.54 Å². The van der Waals surface area contributed by atoms with Gasteiger partial charge >= 0.3 is 0 Å².